The van der Waals surface area contributed by atoms with Gasteiger partial charge in [-0.25, -0.2) is 0 Å². The third kappa shape index (κ3) is 34.6. The SMILES string of the molecule is CCCCC/C=C\C=C/CCCCCCCCCCCC(O)C(=O)NC(COC1OC(CO)C(O)C(O)C1O)C(O)C(O)CCC/C=C/CCCCCCCCCCCCCCCCCCCC. The van der Waals surface area contributed by atoms with E-state index in [1.165, 1.54) is 167 Å². The van der Waals surface area contributed by atoms with Crippen molar-refractivity contribution in [3.05, 3.63) is 36.5 Å². The lowest BCUT2D eigenvalue weighted by atomic mass is 9.98. The molecule has 1 rings (SSSR count). The van der Waals surface area contributed by atoms with Gasteiger partial charge in [0.2, 0.25) is 5.91 Å². The lowest BCUT2D eigenvalue weighted by Crippen LogP contribution is -2.60. The van der Waals surface area contributed by atoms with E-state index in [9.17, 15) is 40.5 Å². The molecule has 68 heavy (non-hydrogen) atoms. The summed E-state index contributed by atoms with van der Waals surface area (Å²) in [7, 11) is 0. The molecule has 1 fully saturated rings. The highest BCUT2D eigenvalue weighted by atomic mass is 16.7. The molecule has 1 aliphatic heterocycles. The van der Waals surface area contributed by atoms with Crippen LogP contribution in [0.3, 0.4) is 0 Å². The number of ether oxygens (including phenoxy) is 2. The second-order valence-electron chi connectivity index (χ2n) is 20.0. The number of nitrogens with one attached hydrogen (secondary N) is 1. The van der Waals surface area contributed by atoms with Crippen molar-refractivity contribution in [2.45, 2.75) is 306 Å². The quantitative estimate of drug-likeness (QED) is 0.0166. The molecule has 11 heteroatoms. The van der Waals surface area contributed by atoms with E-state index in [4.69, 9.17) is 9.47 Å². The smallest absolute Gasteiger partial charge is 0.249 e. The summed E-state index contributed by atoms with van der Waals surface area (Å²) >= 11 is 0. The van der Waals surface area contributed by atoms with Crippen LogP contribution in [0.15, 0.2) is 36.5 Å². The van der Waals surface area contributed by atoms with Crippen LogP contribution in [0, 0.1) is 0 Å². The molecule has 11 nitrogen and oxygen atoms in total. The van der Waals surface area contributed by atoms with E-state index in [0.29, 0.717) is 12.8 Å². The molecule has 1 heterocycles. The van der Waals surface area contributed by atoms with Crippen molar-refractivity contribution >= 4 is 5.91 Å². The van der Waals surface area contributed by atoms with Crippen LogP contribution < -0.4 is 5.32 Å². The van der Waals surface area contributed by atoms with Gasteiger partial charge in [0.1, 0.15) is 36.6 Å². The van der Waals surface area contributed by atoms with E-state index in [1.54, 1.807) is 0 Å². The molecule has 0 aromatic rings. The Hall–Kier alpha value is -1.67. The average Bonchev–Trinajstić information content (AvgIpc) is 3.34. The number of amides is 1. The van der Waals surface area contributed by atoms with Gasteiger partial charge in [-0.3, -0.25) is 4.79 Å². The van der Waals surface area contributed by atoms with Crippen LogP contribution in [0.4, 0.5) is 0 Å². The number of carbonyl (C=O) groups is 1. The summed E-state index contributed by atoms with van der Waals surface area (Å²) < 4.78 is 11.1. The van der Waals surface area contributed by atoms with Gasteiger partial charge in [-0.05, 0) is 64.2 Å². The van der Waals surface area contributed by atoms with Gasteiger partial charge in [0.25, 0.3) is 0 Å². The Kier molecular flexibility index (Phi) is 43.9. The van der Waals surface area contributed by atoms with Crippen molar-refractivity contribution in [2.75, 3.05) is 13.2 Å². The number of aliphatic hydroxyl groups is 7. The molecular formula is C57H107NO10. The average molecular weight is 966 g/mol. The van der Waals surface area contributed by atoms with Crippen LogP contribution in [0.5, 0.6) is 0 Å². The number of aliphatic hydroxyl groups excluding tert-OH is 7. The number of rotatable bonds is 48. The predicted molar refractivity (Wildman–Crippen MR) is 279 cm³/mol. The summed E-state index contributed by atoms with van der Waals surface area (Å²) in [5.41, 5.74) is 0. The zero-order chi connectivity index (χ0) is 49.7. The Morgan fingerprint density at radius 2 is 0.912 bits per heavy atom. The Morgan fingerprint density at radius 1 is 0.515 bits per heavy atom. The molecule has 0 aromatic carbocycles. The summed E-state index contributed by atoms with van der Waals surface area (Å²) in [5, 5.41) is 76.1. The summed E-state index contributed by atoms with van der Waals surface area (Å²) in [5.74, 6) is -0.709. The first-order valence-corrected chi connectivity index (χ1v) is 28.4. The largest absolute Gasteiger partial charge is 0.394 e. The van der Waals surface area contributed by atoms with Crippen molar-refractivity contribution in [2.24, 2.45) is 0 Å². The second kappa shape index (κ2) is 46.4. The van der Waals surface area contributed by atoms with Crippen LogP contribution in [0.2, 0.25) is 0 Å². The van der Waals surface area contributed by atoms with E-state index in [2.05, 4.69) is 55.6 Å². The molecule has 0 saturated carbocycles. The van der Waals surface area contributed by atoms with Gasteiger partial charge in [0, 0.05) is 0 Å². The number of unbranched alkanes of at least 4 members (excludes halogenated alkanes) is 31. The Bertz CT molecular complexity index is 1200. The molecule has 9 atom stereocenters. The molecule has 8 N–H and O–H groups in total. The van der Waals surface area contributed by atoms with Gasteiger partial charge in [-0.1, -0.05) is 224 Å². The van der Waals surface area contributed by atoms with E-state index in [0.717, 1.165) is 44.9 Å². The van der Waals surface area contributed by atoms with E-state index < -0.39 is 74.2 Å². The molecule has 0 spiro atoms. The first-order chi connectivity index (χ1) is 33.2. The second-order valence-corrected chi connectivity index (χ2v) is 20.0. The van der Waals surface area contributed by atoms with Gasteiger partial charge in [-0.2, -0.15) is 0 Å². The lowest BCUT2D eigenvalue weighted by Gasteiger charge is -2.40. The maximum Gasteiger partial charge on any atom is 0.249 e. The van der Waals surface area contributed by atoms with Gasteiger partial charge in [0.15, 0.2) is 6.29 Å². The summed E-state index contributed by atoms with van der Waals surface area (Å²) in [6.45, 7) is 3.43. The minimum absolute atomic E-state index is 0.248. The van der Waals surface area contributed by atoms with E-state index in [1.807, 2.05) is 0 Å². The maximum absolute atomic E-state index is 13.2. The van der Waals surface area contributed by atoms with Crippen molar-refractivity contribution < 1.29 is 50.0 Å². The minimum atomic E-state index is -1.67. The number of hydrogen-bond donors (Lipinski definition) is 8. The highest BCUT2D eigenvalue weighted by molar-refractivity contribution is 5.80. The monoisotopic (exact) mass is 966 g/mol. The molecule has 0 aromatic heterocycles. The highest BCUT2D eigenvalue weighted by Gasteiger charge is 2.44. The first kappa shape index (κ1) is 64.3. The highest BCUT2D eigenvalue weighted by Crippen LogP contribution is 2.23. The maximum atomic E-state index is 13.2. The van der Waals surface area contributed by atoms with Gasteiger partial charge in [0.05, 0.1) is 25.4 Å². The van der Waals surface area contributed by atoms with Crippen molar-refractivity contribution in [3.63, 3.8) is 0 Å². The zero-order valence-electron chi connectivity index (χ0n) is 43.6. The van der Waals surface area contributed by atoms with Gasteiger partial charge >= 0.3 is 0 Å². The minimum Gasteiger partial charge on any atom is -0.394 e. The van der Waals surface area contributed by atoms with Crippen LogP contribution >= 0.6 is 0 Å². The topological polar surface area (TPSA) is 189 Å². The Morgan fingerprint density at radius 3 is 1.38 bits per heavy atom. The van der Waals surface area contributed by atoms with Crippen LogP contribution in [0.1, 0.15) is 251 Å². The zero-order valence-corrected chi connectivity index (χ0v) is 43.6. The molecule has 1 amide bonds. The normalized spacial score (nSPS) is 20.8. The van der Waals surface area contributed by atoms with Gasteiger partial charge in [-0.15, -0.1) is 0 Å². The molecule has 9 unspecified atom stereocenters. The fraction of sp³-hybridized carbons (Fsp3) is 0.877. The standard InChI is InChI=1S/C57H107NO10/c1-3-5-7-9-11-13-15-17-19-21-23-24-25-26-27-29-30-32-34-36-38-40-42-44-49(60)52(62)48(47-67-57-55(65)54(64)53(63)51(46-59)68-57)58-56(66)50(61)45-43-41-39-37-35-33-31-28-22-20-18-16-14-12-10-8-6-4-2/h12,14,16,18,36,38,48-55,57,59-65H,3-11,13,15,17,19-35,37,39-47H2,1-2H3,(H,58,66)/b14-12-,18-16-,38-36+. The molecule has 1 saturated heterocycles. The third-order valence-corrected chi connectivity index (χ3v) is 13.7. The fourth-order valence-electron chi connectivity index (χ4n) is 9.02. The van der Waals surface area contributed by atoms with Crippen LogP contribution in [0.25, 0.3) is 0 Å². The Labute approximate surface area is 416 Å². The van der Waals surface area contributed by atoms with Crippen molar-refractivity contribution in [3.8, 4) is 0 Å². The third-order valence-electron chi connectivity index (χ3n) is 13.7. The first-order valence-electron chi connectivity index (χ1n) is 28.4. The molecule has 1 aliphatic rings. The van der Waals surface area contributed by atoms with E-state index in [-0.39, 0.29) is 12.8 Å². The van der Waals surface area contributed by atoms with Crippen LogP contribution in [-0.2, 0) is 14.3 Å². The molecular weight excluding hydrogens is 859 g/mol. The molecule has 0 aliphatic carbocycles. The predicted octanol–water partition coefficient (Wildman–Crippen LogP) is 11.5. The lowest BCUT2D eigenvalue weighted by molar-refractivity contribution is -0.303. The van der Waals surface area contributed by atoms with E-state index >= 15 is 0 Å². The number of hydrogen-bond acceptors (Lipinski definition) is 10. The number of allylic oxidation sites excluding steroid dienone is 6. The summed E-state index contributed by atoms with van der Waals surface area (Å²) in [4.78, 5) is 13.2. The number of carbonyl (C=O) groups excluding carboxylic acids is 1. The van der Waals surface area contributed by atoms with Crippen molar-refractivity contribution in [1.82, 2.24) is 5.32 Å². The van der Waals surface area contributed by atoms with Crippen molar-refractivity contribution in [1.29, 1.82) is 0 Å². The fourth-order valence-corrected chi connectivity index (χ4v) is 9.02. The molecule has 0 radical (unpaired) electrons. The molecule has 0 bridgehead atoms. The summed E-state index contributed by atoms with van der Waals surface area (Å²) in [6, 6.07) is -1.19. The van der Waals surface area contributed by atoms with Crippen LogP contribution in [-0.4, -0.2) is 110 Å². The summed E-state index contributed by atoms with van der Waals surface area (Å²) in [6.07, 6.45) is 44.8. The molecule has 400 valence electrons. The Balaban J connectivity index is 2.35. The van der Waals surface area contributed by atoms with Gasteiger partial charge < -0.3 is 50.5 Å².